The first-order valence-electron chi connectivity index (χ1n) is 4.74. The van der Waals surface area contributed by atoms with Gasteiger partial charge in [-0.25, -0.2) is 0 Å². The average molecular weight is 236 g/mol. The van der Waals surface area contributed by atoms with Crippen molar-refractivity contribution in [2.75, 3.05) is 12.4 Å². The van der Waals surface area contributed by atoms with Crippen LogP contribution < -0.4 is 10.9 Å². The first kappa shape index (κ1) is 10.7. The molecule has 82 valence electrons. The second-order valence-corrected chi connectivity index (χ2v) is 3.66. The highest BCUT2D eigenvalue weighted by molar-refractivity contribution is 6.30. The Bertz CT molecular complexity index is 565. The van der Waals surface area contributed by atoms with Crippen LogP contribution in [0.4, 0.5) is 5.69 Å². The van der Waals surface area contributed by atoms with Crippen LogP contribution in [0.2, 0.25) is 5.02 Å². The molecule has 0 aliphatic carbocycles. The molecule has 0 radical (unpaired) electrons. The number of anilines is 1. The molecule has 0 saturated carbocycles. The van der Waals surface area contributed by atoms with Crippen molar-refractivity contribution in [3.05, 3.63) is 51.9 Å². The topological polar surface area (TPSA) is 46.9 Å². The van der Waals surface area contributed by atoms with E-state index in [4.69, 9.17) is 11.6 Å². The number of halogens is 1. The van der Waals surface area contributed by atoms with Gasteiger partial charge < -0.3 is 5.32 Å². The predicted octanol–water partition coefficient (Wildman–Crippen LogP) is 1.93. The van der Waals surface area contributed by atoms with E-state index >= 15 is 0 Å². The van der Waals surface area contributed by atoms with Gasteiger partial charge in [0.15, 0.2) is 0 Å². The van der Waals surface area contributed by atoms with Crippen LogP contribution in [0.3, 0.4) is 0 Å². The Balaban J connectivity index is 2.53. The van der Waals surface area contributed by atoms with E-state index in [0.29, 0.717) is 16.4 Å². The van der Waals surface area contributed by atoms with Crippen molar-refractivity contribution in [3.63, 3.8) is 0 Å². The molecule has 5 heteroatoms. The molecule has 2 rings (SSSR count). The molecular formula is C11H10ClN3O. The smallest absolute Gasteiger partial charge is 0.273 e. The van der Waals surface area contributed by atoms with Crippen LogP contribution in [0, 0.1) is 0 Å². The molecule has 0 fully saturated rings. The van der Waals surface area contributed by atoms with Crippen molar-refractivity contribution in [3.8, 4) is 5.69 Å². The van der Waals surface area contributed by atoms with Gasteiger partial charge in [-0.3, -0.25) is 4.79 Å². The largest absolute Gasteiger partial charge is 0.387 e. The van der Waals surface area contributed by atoms with Gasteiger partial charge >= 0.3 is 0 Å². The number of rotatable bonds is 2. The lowest BCUT2D eigenvalue weighted by Crippen LogP contribution is -2.20. The summed E-state index contributed by atoms with van der Waals surface area (Å²) < 4.78 is 1.30. The minimum absolute atomic E-state index is 0.200. The van der Waals surface area contributed by atoms with Gasteiger partial charge in [0.05, 0.1) is 17.6 Å². The number of benzene rings is 1. The lowest BCUT2D eigenvalue weighted by atomic mass is 10.3. The maximum absolute atomic E-state index is 11.7. The molecule has 0 saturated heterocycles. The fourth-order valence-corrected chi connectivity index (χ4v) is 1.53. The molecule has 0 unspecified atom stereocenters. The van der Waals surface area contributed by atoms with Crippen LogP contribution in [-0.4, -0.2) is 16.8 Å². The summed E-state index contributed by atoms with van der Waals surface area (Å²) in [6.07, 6.45) is 1.59. The second kappa shape index (κ2) is 4.37. The second-order valence-electron chi connectivity index (χ2n) is 3.22. The number of hydrogen-bond donors (Lipinski definition) is 1. The molecule has 0 aliphatic heterocycles. The highest BCUT2D eigenvalue weighted by atomic mass is 35.5. The Labute approximate surface area is 97.5 Å². The zero-order valence-corrected chi connectivity index (χ0v) is 9.40. The molecule has 0 amide bonds. The van der Waals surface area contributed by atoms with Crippen molar-refractivity contribution < 1.29 is 0 Å². The van der Waals surface area contributed by atoms with E-state index in [1.54, 1.807) is 37.5 Å². The Morgan fingerprint density at radius 1 is 1.38 bits per heavy atom. The summed E-state index contributed by atoms with van der Waals surface area (Å²) >= 11 is 5.85. The zero-order valence-electron chi connectivity index (χ0n) is 8.64. The summed E-state index contributed by atoms with van der Waals surface area (Å²) in [5, 5.41) is 7.47. The molecule has 0 aliphatic rings. The molecule has 1 N–H and O–H groups in total. The predicted molar refractivity (Wildman–Crippen MR) is 64.4 cm³/mol. The van der Waals surface area contributed by atoms with E-state index < -0.39 is 0 Å². The van der Waals surface area contributed by atoms with Gasteiger partial charge in [0.25, 0.3) is 5.56 Å². The molecule has 0 spiro atoms. The van der Waals surface area contributed by atoms with Gasteiger partial charge in [-0.05, 0) is 18.2 Å². The summed E-state index contributed by atoms with van der Waals surface area (Å²) in [6.45, 7) is 0. The van der Waals surface area contributed by atoms with E-state index in [1.165, 1.54) is 10.7 Å². The molecular weight excluding hydrogens is 226 g/mol. The minimum atomic E-state index is -0.200. The van der Waals surface area contributed by atoms with E-state index in [0.717, 1.165) is 0 Å². The van der Waals surface area contributed by atoms with Gasteiger partial charge in [0.1, 0.15) is 0 Å². The quantitative estimate of drug-likeness (QED) is 0.865. The summed E-state index contributed by atoms with van der Waals surface area (Å²) in [7, 11) is 1.74. The van der Waals surface area contributed by atoms with E-state index in [1.807, 2.05) is 0 Å². The average Bonchev–Trinajstić information content (AvgIpc) is 2.28. The highest BCUT2D eigenvalue weighted by Gasteiger charge is 2.02. The van der Waals surface area contributed by atoms with Crippen molar-refractivity contribution in [2.45, 2.75) is 0 Å². The number of nitrogens with zero attached hydrogens (tertiary/aromatic N) is 2. The Kier molecular flexibility index (Phi) is 2.92. The molecule has 0 atom stereocenters. The fourth-order valence-electron chi connectivity index (χ4n) is 1.35. The van der Waals surface area contributed by atoms with Gasteiger partial charge in [-0.2, -0.15) is 9.78 Å². The van der Waals surface area contributed by atoms with E-state index in [9.17, 15) is 4.79 Å². The molecule has 0 bridgehead atoms. The number of hydrogen-bond acceptors (Lipinski definition) is 3. The van der Waals surface area contributed by atoms with E-state index in [2.05, 4.69) is 10.4 Å². The van der Waals surface area contributed by atoms with Gasteiger partial charge in [0, 0.05) is 18.1 Å². The number of aromatic nitrogens is 2. The molecule has 16 heavy (non-hydrogen) atoms. The van der Waals surface area contributed by atoms with Crippen LogP contribution in [-0.2, 0) is 0 Å². The van der Waals surface area contributed by atoms with E-state index in [-0.39, 0.29) is 5.56 Å². The van der Waals surface area contributed by atoms with Gasteiger partial charge in [-0.15, -0.1) is 0 Å². The molecule has 2 aromatic rings. The SMILES string of the molecule is CNc1cnn(-c2cccc(Cl)c2)c(=O)c1. The Hall–Kier alpha value is -1.81. The van der Waals surface area contributed by atoms with Crippen molar-refractivity contribution in [1.29, 1.82) is 0 Å². The third-order valence-corrected chi connectivity index (χ3v) is 2.38. The minimum Gasteiger partial charge on any atom is -0.387 e. The maximum Gasteiger partial charge on any atom is 0.273 e. The van der Waals surface area contributed by atoms with Crippen LogP contribution >= 0.6 is 11.6 Å². The molecule has 1 aromatic carbocycles. The third kappa shape index (κ3) is 2.06. The molecule has 1 heterocycles. The lowest BCUT2D eigenvalue weighted by molar-refractivity contribution is 0.808. The first-order chi connectivity index (χ1) is 7.70. The van der Waals surface area contributed by atoms with Crippen LogP contribution in [0.1, 0.15) is 0 Å². The summed E-state index contributed by atoms with van der Waals surface area (Å²) in [5.74, 6) is 0. The van der Waals surface area contributed by atoms with Gasteiger partial charge in [0.2, 0.25) is 0 Å². The fraction of sp³-hybridized carbons (Fsp3) is 0.0909. The lowest BCUT2D eigenvalue weighted by Gasteiger charge is -2.05. The monoisotopic (exact) mass is 235 g/mol. The van der Waals surface area contributed by atoms with Crippen molar-refractivity contribution in [1.82, 2.24) is 9.78 Å². The summed E-state index contributed by atoms with van der Waals surface area (Å²) in [4.78, 5) is 11.7. The van der Waals surface area contributed by atoms with Crippen LogP contribution in [0.15, 0.2) is 41.3 Å². The van der Waals surface area contributed by atoms with Gasteiger partial charge in [-0.1, -0.05) is 17.7 Å². The summed E-state index contributed by atoms with van der Waals surface area (Å²) in [5.41, 5.74) is 1.14. The number of nitrogens with one attached hydrogen (secondary N) is 1. The first-order valence-corrected chi connectivity index (χ1v) is 5.11. The Morgan fingerprint density at radius 2 is 2.19 bits per heavy atom. The van der Waals surface area contributed by atoms with Crippen LogP contribution in [0.5, 0.6) is 0 Å². The van der Waals surface area contributed by atoms with Crippen molar-refractivity contribution in [2.24, 2.45) is 0 Å². The highest BCUT2D eigenvalue weighted by Crippen LogP contribution is 2.12. The zero-order chi connectivity index (χ0) is 11.5. The summed E-state index contributed by atoms with van der Waals surface area (Å²) in [6, 6.07) is 8.47. The van der Waals surface area contributed by atoms with Crippen LogP contribution in [0.25, 0.3) is 5.69 Å². The maximum atomic E-state index is 11.7. The Morgan fingerprint density at radius 3 is 2.81 bits per heavy atom. The normalized spacial score (nSPS) is 10.1. The molecule has 4 nitrogen and oxygen atoms in total. The standard InChI is InChI=1S/C11H10ClN3O/c1-13-9-6-11(16)15(14-7-9)10-4-2-3-8(12)5-10/h2-7,13H,1H3. The van der Waals surface area contributed by atoms with Crippen molar-refractivity contribution >= 4 is 17.3 Å². The third-order valence-electron chi connectivity index (χ3n) is 2.14. The molecule has 1 aromatic heterocycles.